The van der Waals surface area contributed by atoms with Crippen LogP contribution in [0.25, 0.3) is 0 Å². The molecule has 0 spiro atoms. The highest BCUT2D eigenvalue weighted by Gasteiger charge is 2.20. The van der Waals surface area contributed by atoms with Gasteiger partial charge in [0.2, 0.25) is 5.91 Å². The van der Waals surface area contributed by atoms with E-state index >= 15 is 0 Å². The van der Waals surface area contributed by atoms with Gasteiger partial charge in [-0.3, -0.25) is 4.79 Å². The summed E-state index contributed by atoms with van der Waals surface area (Å²) in [5.74, 6) is -0.246. The first-order chi connectivity index (χ1) is 9.52. The van der Waals surface area contributed by atoms with Gasteiger partial charge in [-0.25, -0.2) is 4.68 Å². The molecule has 2 rings (SSSR count). The number of rotatable bonds is 3. The van der Waals surface area contributed by atoms with E-state index in [9.17, 15) is 4.79 Å². The molecule has 102 valence electrons. The Labute approximate surface area is 121 Å². The van der Waals surface area contributed by atoms with E-state index in [1.807, 2.05) is 6.07 Å². The first-order valence-electron chi connectivity index (χ1n) is 5.91. The van der Waals surface area contributed by atoms with Gasteiger partial charge in [0.1, 0.15) is 12.1 Å². The number of amides is 1. The molecule has 1 aromatic heterocycles. The molecule has 0 saturated carbocycles. The average Bonchev–Trinajstić information content (AvgIpc) is 2.81. The number of benzene rings is 1. The van der Waals surface area contributed by atoms with Gasteiger partial charge in [0.25, 0.3) is 0 Å². The number of nitrogens with one attached hydrogen (secondary N) is 1. The lowest BCUT2D eigenvalue weighted by molar-refractivity contribution is -0.119. The Kier molecular flexibility index (Phi) is 4.01. The number of carbonyl (C=O) groups excluding carboxylic acids is 1. The monoisotopic (exact) mass is 289 g/mol. The van der Waals surface area contributed by atoms with Crippen molar-refractivity contribution in [3.63, 3.8) is 0 Å². The molecule has 1 atom stereocenters. The van der Waals surface area contributed by atoms with Gasteiger partial charge in [0.15, 0.2) is 5.69 Å². The van der Waals surface area contributed by atoms with Crippen molar-refractivity contribution in [2.45, 2.75) is 19.9 Å². The lowest BCUT2D eigenvalue weighted by atomic mass is 10.2. The first kappa shape index (κ1) is 14.0. The molecule has 7 heteroatoms. The smallest absolute Gasteiger partial charge is 0.249 e. The Morgan fingerprint density at radius 1 is 1.45 bits per heavy atom. The molecule has 0 aliphatic carbocycles. The predicted octanol–water partition coefficient (Wildman–Crippen LogP) is 2.31. The zero-order valence-electron chi connectivity index (χ0n) is 11.0. The van der Waals surface area contributed by atoms with Crippen LogP contribution < -0.4 is 5.32 Å². The van der Waals surface area contributed by atoms with E-state index in [4.69, 9.17) is 16.9 Å². The van der Waals surface area contributed by atoms with Crippen LogP contribution in [0.4, 0.5) is 5.69 Å². The number of hydrogen-bond donors (Lipinski definition) is 1. The second-order valence-electron chi connectivity index (χ2n) is 4.25. The van der Waals surface area contributed by atoms with Crippen LogP contribution in [0.15, 0.2) is 24.3 Å². The summed E-state index contributed by atoms with van der Waals surface area (Å²) in [7, 11) is 0. The number of halogens is 1. The number of carbonyl (C=O) groups is 1. The van der Waals surface area contributed by atoms with Crippen LogP contribution in [0.2, 0.25) is 5.02 Å². The van der Waals surface area contributed by atoms with Crippen molar-refractivity contribution in [3.05, 3.63) is 40.7 Å². The van der Waals surface area contributed by atoms with Gasteiger partial charge in [0, 0.05) is 10.7 Å². The number of aromatic nitrogens is 3. The second kappa shape index (κ2) is 5.72. The lowest BCUT2D eigenvalue weighted by Crippen LogP contribution is -2.25. The van der Waals surface area contributed by atoms with E-state index in [2.05, 4.69) is 15.6 Å². The fraction of sp³-hybridized carbons (Fsp3) is 0.231. The fourth-order valence-electron chi connectivity index (χ4n) is 1.70. The highest BCUT2D eigenvalue weighted by Crippen LogP contribution is 2.16. The summed E-state index contributed by atoms with van der Waals surface area (Å²) in [5.41, 5.74) is 1.42. The van der Waals surface area contributed by atoms with Crippen LogP contribution in [0, 0.1) is 18.3 Å². The number of anilines is 1. The molecule has 0 aliphatic rings. The number of nitrogens with zero attached hydrogens (tertiary/aromatic N) is 4. The Morgan fingerprint density at radius 2 is 2.10 bits per heavy atom. The minimum atomic E-state index is -0.569. The molecule has 0 bridgehead atoms. The predicted molar refractivity (Wildman–Crippen MR) is 74.3 cm³/mol. The normalized spacial score (nSPS) is 11.7. The van der Waals surface area contributed by atoms with Gasteiger partial charge in [-0.05, 0) is 38.1 Å². The van der Waals surface area contributed by atoms with Gasteiger partial charge < -0.3 is 5.32 Å². The zero-order valence-corrected chi connectivity index (χ0v) is 11.7. The molecule has 0 fully saturated rings. The minimum absolute atomic E-state index is 0.219. The minimum Gasteiger partial charge on any atom is -0.324 e. The Bertz CT molecular complexity index is 671. The first-order valence-corrected chi connectivity index (χ1v) is 6.29. The molecule has 2 aromatic rings. The van der Waals surface area contributed by atoms with Gasteiger partial charge >= 0.3 is 0 Å². The third-order valence-electron chi connectivity index (χ3n) is 2.89. The maximum Gasteiger partial charge on any atom is 0.249 e. The molecule has 0 radical (unpaired) electrons. The quantitative estimate of drug-likeness (QED) is 0.940. The molecule has 0 aliphatic heterocycles. The molecular weight excluding hydrogens is 278 g/mol. The highest BCUT2D eigenvalue weighted by atomic mass is 35.5. The Balaban J connectivity index is 2.14. The summed E-state index contributed by atoms with van der Waals surface area (Å²) in [4.78, 5) is 12.1. The van der Waals surface area contributed by atoms with Crippen LogP contribution in [-0.4, -0.2) is 20.9 Å². The molecule has 0 saturated heterocycles. The van der Waals surface area contributed by atoms with Crippen molar-refractivity contribution in [1.82, 2.24) is 15.0 Å². The van der Waals surface area contributed by atoms with Crippen molar-refractivity contribution in [2.24, 2.45) is 0 Å². The average molecular weight is 290 g/mol. The summed E-state index contributed by atoms with van der Waals surface area (Å²) < 4.78 is 1.42. The standard InChI is InChI=1S/C13H12ClN5O/c1-8-12(7-15)17-18-19(8)9(2)13(20)16-11-5-3-10(14)4-6-11/h3-6,9H,1-2H3,(H,16,20). The molecule has 20 heavy (non-hydrogen) atoms. The maximum absolute atomic E-state index is 12.1. The summed E-state index contributed by atoms with van der Waals surface area (Å²) in [5, 5.41) is 19.7. The van der Waals surface area contributed by atoms with Crippen molar-refractivity contribution >= 4 is 23.2 Å². The second-order valence-corrected chi connectivity index (χ2v) is 4.69. The Morgan fingerprint density at radius 3 is 2.65 bits per heavy atom. The van der Waals surface area contributed by atoms with Crippen LogP contribution in [0.5, 0.6) is 0 Å². The molecule has 1 N–H and O–H groups in total. The molecule has 1 heterocycles. The lowest BCUT2D eigenvalue weighted by Gasteiger charge is -2.13. The van der Waals surface area contributed by atoms with Gasteiger partial charge in [-0.15, -0.1) is 5.10 Å². The van der Waals surface area contributed by atoms with E-state index in [0.717, 1.165) is 0 Å². The largest absolute Gasteiger partial charge is 0.324 e. The van der Waals surface area contributed by atoms with E-state index in [-0.39, 0.29) is 11.6 Å². The molecule has 1 unspecified atom stereocenters. The van der Waals surface area contributed by atoms with Crippen molar-refractivity contribution in [1.29, 1.82) is 5.26 Å². The van der Waals surface area contributed by atoms with E-state index in [1.165, 1.54) is 4.68 Å². The molecule has 1 aromatic carbocycles. The maximum atomic E-state index is 12.1. The van der Waals surface area contributed by atoms with E-state index in [1.54, 1.807) is 38.1 Å². The van der Waals surface area contributed by atoms with Crippen LogP contribution in [-0.2, 0) is 4.79 Å². The summed E-state index contributed by atoms with van der Waals surface area (Å²) in [6.07, 6.45) is 0. The zero-order chi connectivity index (χ0) is 14.7. The van der Waals surface area contributed by atoms with Crippen molar-refractivity contribution in [3.8, 4) is 6.07 Å². The topological polar surface area (TPSA) is 83.6 Å². The van der Waals surface area contributed by atoms with E-state index < -0.39 is 6.04 Å². The highest BCUT2D eigenvalue weighted by molar-refractivity contribution is 6.30. The molecular formula is C13H12ClN5O. The van der Waals surface area contributed by atoms with Gasteiger partial charge in [-0.2, -0.15) is 5.26 Å². The van der Waals surface area contributed by atoms with Crippen LogP contribution >= 0.6 is 11.6 Å². The number of hydrogen-bond acceptors (Lipinski definition) is 4. The summed E-state index contributed by atoms with van der Waals surface area (Å²) in [6.45, 7) is 3.39. The fourth-order valence-corrected chi connectivity index (χ4v) is 1.83. The van der Waals surface area contributed by atoms with E-state index in [0.29, 0.717) is 16.4 Å². The van der Waals surface area contributed by atoms with Crippen molar-refractivity contribution < 1.29 is 4.79 Å². The SMILES string of the molecule is Cc1c(C#N)nnn1C(C)C(=O)Nc1ccc(Cl)cc1. The van der Waals surface area contributed by atoms with Gasteiger partial charge in [-0.1, -0.05) is 16.8 Å². The summed E-state index contributed by atoms with van der Waals surface area (Å²) in [6, 6.07) is 8.16. The van der Waals surface area contributed by atoms with Crippen molar-refractivity contribution in [2.75, 3.05) is 5.32 Å². The Hall–Kier alpha value is -2.39. The third kappa shape index (κ3) is 2.78. The number of nitriles is 1. The van der Waals surface area contributed by atoms with Gasteiger partial charge in [0.05, 0.1) is 5.69 Å². The van der Waals surface area contributed by atoms with Crippen LogP contribution in [0.3, 0.4) is 0 Å². The molecule has 1 amide bonds. The third-order valence-corrected chi connectivity index (χ3v) is 3.14. The van der Waals surface area contributed by atoms with Crippen LogP contribution in [0.1, 0.15) is 24.4 Å². The molecule has 6 nitrogen and oxygen atoms in total. The summed E-state index contributed by atoms with van der Waals surface area (Å²) >= 11 is 5.78.